The molecule has 2 rings (SSSR count). The molecule has 126 valence electrons. The van der Waals surface area contributed by atoms with Crippen LogP contribution in [0.2, 0.25) is 0 Å². The Morgan fingerprint density at radius 2 is 2.35 bits per heavy atom. The van der Waals surface area contributed by atoms with Crippen LogP contribution >= 0.6 is 0 Å². The molecule has 6 heteroatoms. The molecule has 1 amide bonds. The summed E-state index contributed by atoms with van der Waals surface area (Å²) in [6, 6.07) is 3.52. The van der Waals surface area contributed by atoms with E-state index in [9.17, 15) is 4.79 Å². The van der Waals surface area contributed by atoms with Gasteiger partial charge < -0.3 is 19.9 Å². The second kappa shape index (κ2) is 8.64. The highest BCUT2D eigenvalue weighted by atomic mass is 16.7. The summed E-state index contributed by atoms with van der Waals surface area (Å²) in [6.45, 7) is 4.57. The van der Waals surface area contributed by atoms with E-state index in [4.69, 9.17) is 14.6 Å². The first kappa shape index (κ1) is 17.4. The number of allylic oxidation sites excluding steroid dienone is 1. The van der Waals surface area contributed by atoms with Crippen LogP contribution in [0.3, 0.4) is 0 Å². The van der Waals surface area contributed by atoms with Gasteiger partial charge in [-0.1, -0.05) is 6.92 Å². The molecule has 1 aromatic heterocycles. The summed E-state index contributed by atoms with van der Waals surface area (Å²) in [5.74, 6) is 0.203. The fraction of sp³-hybridized carbons (Fsp3) is 0.529. The number of rotatable bonds is 7. The lowest BCUT2D eigenvalue weighted by atomic mass is 9.87. The van der Waals surface area contributed by atoms with Gasteiger partial charge in [0, 0.05) is 25.3 Å². The summed E-state index contributed by atoms with van der Waals surface area (Å²) >= 11 is 0. The third kappa shape index (κ3) is 4.77. The summed E-state index contributed by atoms with van der Waals surface area (Å²) in [5.41, 5.74) is 0.616. The van der Waals surface area contributed by atoms with Crippen LogP contribution in [-0.2, 0) is 14.3 Å². The molecule has 1 aliphatic rings. The first-order valence-electron chi connectivity index (χ1n) is 7.98. The van der Waals surface area contributed by atoms with E-state index in [2.05, 4.69) is 10.3 Å². The number of aliphatic hydroxyl groups excluding tert-OH is 1. The van der Waals surface area contributed by atoms with E-state index in [1.807, 2.05) is 19.9 Å². The number of hydrogen-bond donors (Lipinski definition) is 2. The third-order valence-electron chi connectivity index (χ3n) is 3.85. The highest BCUT2D eigenvalue weighted by Gasteiger charge is 2.34. The SMILES string of the molecule is CCO[C@@H]1OC(C(=O)Nc2cccnc2)=C[C@H](C)[C@H]1CCCO. The van der Waals surface area contributed by atoms with Gasteiger partial charge >= 0.3 is 0 Å². The topological polar surface area (TPSA) is 80.7 Å². The molecular formula is C17H24N2O4. The lowest BCUT2D eigenvalue weighted by Gasteiger charge is -2.35. The summed E-state index contributed by atoms with van der Waals surface area (Å²) in [5, 5.41) is 11.8. The van der Waals surface area contributed by atoms with E-state index in [1.54, 1.807) is 24.5 Å². The second-order valence-corrected chi connectivity index (χ2v) is 5.56. The summed E-state index contributed by atoms with van der Waals surface area (Å²) < 4.78 is 11.4. The number of nitrogens with one attached hydrogen (secondary N) is 1. The van der Waals surface area contributed by atoms with Crippen LogP contribution in [0.25, 0.3) is 0 Å². The average molecular weight is 320 g/mol. The number of aliphatic hydroxyl groups is 1. The van der Waals surface area contributed by atoms with Crippen LogP contribution in [0.1, 0.15) is 26.7 Å². The molecule has 0 saturated carbocycles. The Morgan fingerprint density at radius 1 is 1.52 bits per heavy atom. The summed E-state index contributed by atoms with van der Waals surface area (Å²) in [7, 11) is 0. The van der Waals surface area contributed by atoms with Crippen molar-refractivity contribution in [3.05, 3.63) is 36.4 Å². The second-order valence-electron chi connectivity index (χ2n) is 5.56. The van der Waals surface area contributed by atoms with Crippen molar-refractivity contribution < 1.29 is 19.4 Å². The molecule has 0 fully saturated rings. The quantitative estimate of drug-likeness (QED) is 0.806. The minimum absolute atomic E-state index is 0.122. The monoisotopic (exact) mass is 320 g/mol. The molecular weight excluding hydrogens is 296 g/mol. The molecule has 0 aliphatic carbocycles. The molecule has 0 unspecified atom stereocenters. The Bertz CT molecular complexity index is 533. The number of amides is 1. The van der Waals surface area contributed by atoms with Crippen molar-refractivity contribution in [2.75, 3.05) is 18.5 Å². The Balaban J connectivity index is 2.08. The molecule has 0 saturated heterocycles. The number of nitrogens with zero attached hydrogens (tertiary/aromatic N) is 1. The van der Waals surface area contributed by atoms with E-state index in [-0.39, 0.29) is 30.1 Å². The highest BCUT2D eigenvalue weighted by molar-refractivity contribution is 6.02. The number of ether oxygens (including phenoxy) is 2. The number of anilines is 1. The Morgan fingerprint density at radius 3 is 3.00 bits per heavy atom. The van der Waals surface area contributed by atoms with Gasteiger partial charge in [-0.05, 0) is 43.9 Å². The molecule has 3 atom stereocenters. The molecule has 2 N–H and O–H groups in total. The van der Waals surface area contributed by atoms with Crippen molar-refractivity contribution in [3.63, 3.8) is 0 Å². The molecule has 0 radical (unpaired) electrons. The van der Waals surface area contributed by atoms with Crippen molar-refractivity contribution in [2.24, 2.45) is 11.8 Å². The van der Waals surface area contributed by atoms with Crippen molar-refractivity contribution in [2.45, 2.75) is 33.0 Å². The van der Waals surface area contributed by atoms with Gasteiger partial charge in [-0.15, -0.1) is 0 Å². The van der Waals surface area contributed by atoms with Crippen LogP contribution in [0, 0.1) is 11.8 Å². The fourth-order valence-corrected chi connectivity index (χ4v) is 2.67. The van der Waals surface area contributed by atoms with Crippen LogP contribution in [0.5, 0.6) is 0 Å². The molecule has 0 spiro atoms. The van der Waals surface area contributed by atoms with E-state index in [0.29, 0.717) is 18.7 Å². The van der Waals surface area contributed by atoms with E-state index < -0.39 is 6.29 Å². The standard InChI is InChI=1S/C17H24N2O4/c1-3-22-17-14(7-5-9-20)12(2)10-15(23-17)16(21)19-13-6-4-8-18-11-13/h4,6,8,10-12,14,17,20H,3,5,7,9H2,1-2H3,(H,19,21)/t12-,14+,17+/m0/s1. The van der Waals surface area contributed by atoms with E-state index in [1.165, 1.54) is 0 Å². The van der Waals surface area contributed by atoms with Gasteiger partial charge in [-0.2, -0.15) is 0 Å². The van der Waals surface area contributed by atoms with Gasteiger partial charge in [0.2, 0.25) is 6.29 Å². The number of carbonyl (C=O) groups excluding carboxylic acids is 1. The maximum atomic E-state index is 12.4. The Kier molecular flexibility index (Phi) is 6.55. The lowest BCUT2D eigenvalue weighted by Crippen LogP contribution is -2.37. The predicted octanol–water partition coefficient (Wildman–Crippen LogP) is 2.32. The fourth-order valence-electron chi connectivity index (χ4n) is 2.67. The minimum Gasteiger partial charge on any atom is -0.459 e. The Hall–Kier alpha value is -1.92. The summed E-state index contributed by atoms with van der Waals surface area (Å²) in [6.07, 6.45) is 6.05. The van der Waals surface area contributed by atoms with Crippen LogP contribution in [0.15, 0.2) is 36.4 Å². The van der Waals surface area contributed by atoms with Crippen molar-refractivity contribution in [1.29, 1.82) is 0 Å². The average Bonchev–Trinajstić information content (AvgIpc) is 2.55. The van der Waals surface area contributed by atoms with Crippen molar-refractivity contribution in [1.82, 2.24) is 4.98 Å². The smallest absolute Gasteiger partial charge is 0.290 e. The van der Waals surface area contributed by atoms with Gasteiger partial charge in [-0.25, -0.2) is 0 Å². The van der Waals surface area contributed by atoms with Gasteiger partial charge in [0.1, 0.15) is 0 Å². The molecule has 6 nitrogen and oxygen atoms in total. The molecule has 1 aromatic rings. The largest absolute Gasteiger partial charge is 0.459 e. The number of hydrogen-bond acceptors (Lipinski definition) is 5. The number of aromatic nitrogens is 1. The van der Waals surface area contributed by atoms with Crippen molar-refractivity contribution in [3.8, 4) is 0 Å². The highest BCUT2D eigenvalue weighted by Crippen LogP contribution is 2.32. The van der Waals surface area contributed by atoms with Gasteiger partial charge in [0.05, 0.1) is 11.9 Å². The van der Waals surface area contributed by atoms with Gasteiger partial charge in [0.15, 0.2) is 5.76 Å². The maximum Gasteiger partial charge on any atom is 0.290 e. The summed E-state index contributed by atoms with van der Waals surface area (Å²) in [4.78, 5) is 16.3. The van der Waals surface area contributed by atoms with E-state index in [0.717, 1.165) is 6.42 Å². The van der Waals surface area contributed by atoms with E-state index >= 15 is 0 Å². The molecule has 0 aromatic carbocycles. The first-order valence-corrected chi connectivity index (χ1v) is 7.98. The zero-order valence-corrected chi connectivity index (χ0v) is 13.6. The van der Waals surface area contributed by atoms with Gasteiger partial charge in [0.25, 0.3) is 5.91 Å². The van der Waals surface area contributed by atoms with Gasteiger partial charge in [-0.3, -0.25) is 9.78 Å². The first-order chi connectivity index (χ1) is 11.2. The van der Waals surface area contributed by atoms with Crippen LogP contribution in [-0.4, -0.2) is 35.5 Å². The minimum atomic E-state index is -0.471. The molecule has 2 heterocycles. The molecule has 23 heavy (non-hydrogen) atoms. The molecule has 1 aliphatic heterocycles. The predicted molar refractivity (Wildman–Crippen MR) is 86.4 cm³/mol. The van der Waals surface area contributed by atoms with Crippen LogP contribution < -0.4 is 5.32 Å². The molecule has 0 bridgehead atoms. The maximum absolute atomic E-state index is 12.4. The third-order valence-corrected chi connectivity index (χ3v) is 3.85. The normalized spacial score (nSPS) is 23.8. The lowest BCUT2D eigenvalue weighted by molar-refractivity contribution is -0.169. The number of carbonyl (C=O) groups is 1. The van der Waals surface area contributed by atoms with Crippen LogP contribution in [0.4, 0.5) is 5.69 Å². The zero-order valence-electron chi connectivity index (χ0n) is 13.6. The van der Waals surface area contributed by atoms with Crippen molar-refractivity contribution >= 4 is 11.6 Å². The number of pyridine rings is 1. The zero-order chi connectivity index (χ0) is 16.7. The Labute approximate surface area is 136 Å².